The number of hydrogen-bond donors (Lipinski definition) is 1. The lowest BCUT2D eigenvalue weighted by atomic mass is 10.0. The van der Waals surface area contributed by atoms with Crippen LogP contribution in [0.5, 0.6) is 0 Å². The zero-order valence-electron chi connectivity index (χ0n) is 18.3. The molecule has 1 spiro atoms. The summed E-state index contributed by atoms with van der Waals surface area (Å²) in [6, 6.07) is 16.1. The second-order valence-electron chi connectivity index (χ2n) is 8.33. The molecule has 4 aromatic rings. The van der Waals surface area contributed by atoms with E-state index in [2.05, 4.69) is 49.4 Å². The van der Waals surface area contributed by atoms with Gasteiger partial charge in [0.2, 0.25) is 10.0 Å². The van der Waals surface area contributed by atoms with Crippen LogP contribution in [0.2, 0.25) is 0 Å². The number of rotatable bonds is 2. The molecule has 4 heterocycles. The first-order chi connectivity index (χ1) is 15.9. The van der Waals surface area contributed by atoms with Crippen molar-refractivity contribution in [2.24, 2.45) is 0 Å². The summed E-state index contributed by atoms with van der Waals surface area (Å²) < 4.78 is 37.7. The summed E-state index contributed by atoms with van der Waals surface area (Å²) in [5, 5.41) is 6.16. The molecule has 6 rings (SSSR count). The summed E-state index contributed by atoms with van der Waals surface area (Å²) in [7, 11) is -3.46. The van der Waals surface area contributed by atoms with Gasteiger partial charge in [0.25, 0.3) is 0 Å². The minimum absolute atomic E-state index is 0.397. The third-order valence-corrected chi connectivity index (χ3v) is 11.1. The van der Waals surface area contributed by atoms with Crippen molar-refractivity contribution in [1.82, 2.24) is 8.61 Å². The Morgan fingerprint density at radius 2 is 1.52 bits per heavy atom. The first-order valence-corrected chi connectivity index (χ1v) is 14.5. The van der Waals surface area contributed by atoms with Crippen molar-refractivity contribution in [2.75, 3.05) is 26.2 Å². The fourth-order valence-electron chi connectivity index (χ4n) is 4.48. The third kappa shape index (κ3) is 4.36. The van der Waals surface area contributed by atoms with Crippen molar-refractivity contribution < 1.29 is 13.2 Å². The topological polar surface area (TPSA) is 49.9 Å². The van der Waals surface area contributed by atoms with Gasteiger partial charge in [0, 0.05) is 52.6 Å². The van der Waals surface area contributed by atoms with Gasteiger partial charge in [0.1, 0.15) is 10.6 Å². The molecule has 0 saturated carbocycles. The van der Waals surface area contributed by atoms with E-state index in [1.807, 2.05) is 39.9 Å². The summed E-state index contributed by atoms with van der Waals surface area (Å²) in [6.45, 7) is 4.52. The summed E-state index contributed by atoms with van der Waals surface area (Å²) in [5.74, 6) is 0. The van der Waals surface area contributed by atoms with Gasteiger partial charge in [-0.2, -0.15) is 4.31 Å². The predicted molar refractivity (Wildman–Crippen MR) is 141 cm³/mol. The van der Waals surface area contributed by atoms with Gasteiger partial charge >= 0.3 is 0 Å². The quantitative estimate of drug-likeness (QED) is 0.342. The van der Waals surface area contributed by atoms with E-state index in [0.29, 0.717) is 37.4 Å². The Kier molecular flexibility index (Phi) is 6.56. The molecule has 2 aromatic carbocycles. The van der Waals surface area contributed by atoms with Crippen molar-refractivity contribution in [1.29, 1.82) is 0 Å². The van der Waals surface area contributed by atoms with E-state index in [1.54, 1.807) is 9.69 Å². The van der Waals surface area contributed by atoms with Gasteiger partial charge in [0.05, 0.1) is 6.61 Å². The van der Waals surface area contributed by atoms with Crippen LogP contribution < -0.4 is 0 Å². The average molecular weight is 519 g/mol. The lowest BCUT2D eigenvalue weighted by molar-refractivity contribution is -0.0768. The van der Waals surface area contributed by atoms with Crippen LogP contribution in [0.1, 0.15) is 18.4 Å². The molecule has 2 aliphatic heterocycles. The first-order valence-electron chi connectivity index (χ1n) is 10.9. The third-order valence-electron chi connectivity index (χ3n) is 6.39. The Morgan fingerprint density at radius 3 is 2.15 bits per heavy atom. The summed E-state index contributed by atoms with van der Waals surface area (Å²) in [6.07, 6.45) is 1.30. The van der Waals surface area contributed by atoms with Crippen LogP contribution in [0.3, 0.4) is 0 Å². The molecule has 0 atom stereocenters. The molecule has 2 saturated heterocycles. The Morgan fingerprint density at radius 1 is 0.909 bits per heavy atom. The fourth-order valence-corrected chi connectivity index (χ4v) is 8.68. The molecular formula is C24H26N2O3S4. The van der Waals surface area contributed by atoms with Crippen molar-refractivity contribution in [3.63, 3.8) is 0 Å². The van der Waals surface area contributed by atoms with E-state index < -0.39 is 15.7 Å². The Hall–Kier alpha value is -1.46. The molecule has 174 valence electrons. The number of piperidine rings is 1. The number of thiophene rings is 2. The fraction of sp³-hybridized carbons (Fsp3) is 0.333. The molecular weight excluding hydrogens is 493 g/mol. The van der Waals surface area contributed by atoms with Gasteiger partial charge in [-0.15, -0.1) is 22.7 Å². The minimum Gasteiger partial charge on any atom is -0.358 e. The van der Waals surface area contributed by atoms with Crippen molar-refractivity contribution in [3.8, 4) is 0 Å². The predicted octanol–water partition coefficient (Wildman–Crippen LogP) is 5.77. The number of hydrogen-bond acceptors (Lipinski definition) is 7. The highest BCUT2D eigenvalue weighted by Gasteiger charge is 2.45. The van der Waals surface area contributed by atoms with Crippen LogP contribution in [0.15, 0.2) is 64.2 Å². The Bertz CT molecular complexity index is 1370. The summed E-state index contributed by atoms with van der Waals surface area (Å²) >= 11 is 7.76. The smallest absolute Gasteiger partial charge is 0.244 e. The van der Waals surface area contributed by atoms with Crippen LogP contribution in [-0.2, 0) is 14.8 Å². The summed E-state index contributed by atoms with van der Waals surface area (Å²) in [5.41, 5.74) is 0.992. The van der Waals surface area contributed by atoms with Crippen LogP contribution >= 0.6 is 35.5 Å². The van der Waals surface area contributed by atoms with Gasteiger partial charge in [0.15, 0.2) is 0 Å². The molecule has 33 heavy (non-hydrogen) atoms. The summed E-state index contributed by atoms with van der Waals surface area (Å²) in [4.78, 5) is 0.420. The van der Waals surface area contributed by atoms with E-state index in [4.69, 9.17) is 4.74 Å². The molecule has 2 aromatic heterocycles. The van der Waals surface area contributed by atoms with E-state index >= 15 is 0 Å². The monoisotopic (exact) mass is 518 g/mol. The van der Waals surface area contributed by atoms with Gasteiger partial charge in [-0.1, -0.05) is 49.2 Å². The zero-order chi connectivity index (χ0) is 23.1. The van der Waals surface area contributed by atoms with Crippen LogP contribution in [0, 0.1) is 6.92 Å². The van der Waals surface area contributed by atoms with Crippen molar-refractivity contribution in [3.05, 3.63) is 64.9 Å². The number of sulfonamides is 1. The zero-order valence-corrected chi connectivity index (χ0v) is 21.7. The standard InChI is InChI=1S/C15H18N2O3S3.C9H8S/c18-23(19,14-11-22-13-4-2-1-3-12(13)14)16-7-5-15(6-8-16)17(21)9-10-20-15;1-7-6-10-9-5-3-2-4-8(7)9/h1-4,11,21H,5-10H2;2-6H,1H3. The van der Waals surface area contributed by atoms with Gasteiger partial charge in [-0.25, -0.2) is 12.7 Å². The number of ether oxygens (including phenoxy) is 1. The molecule has 0 N–H and O–H groups in total. The number of benzene rings is 2. The Balaban J connectivity index is 0.000000190. The van der Waals surface area contributed by atoms with E-state index in [9.17, 15) is 8.42 Å². The van der Waals surface area contributed by atoms with Gasteiger partial charge in [-0.3, -0.25) is 0 Å². The SMILES string of the molecule is Cc1csc2ccccc12.O=S(=O)(c1csc2ccccc12)N1CCC2(CC1)OCCN2S. The normalized spacial score (nSPS) is 19.2. The molecule has 0 amide bonds. The van der Waals surface area contributed by atoms with Crippen LogP contribution in [0.25, 0.3) is 20.2 Å². The molecule has 2 fully saturated rings. The highest BCUT2D eigenvalue weighted by atomic mass is 32.2. The van der Waals surface area contributed by atoms with E-state index in [0.717, 1.165) is 16.6 Å². The van der Waals surface area contributed by atoms with Gasteiger partial charge in [-0.05, 0) is 35.4 Å². The maximum absolute atomic E-state index is 13.0. The van der Waals surface area contributed by atoms with Crippen LogP contribution in [0.4, 0.5) is 0 Å². The minimum atomic E-state index is -3.46. The highest BCUT2D eigenvalue weighted by molar-refractivity contribution is 7.89. The Labute approximate surface area is 208 Å². The van der Waals surface area contributed by atoms with Crippen molar-refractivity contribution >= 4 is 65.7 Å². The molecule has 0 unspecified atom stereocenters. The lowest BCUT2D eigenvalue weighted by Gasteiger charge is -2.40. The van der Waals surface area contributed by atoms with E-state index in [1.165, 1.54) is 27.0 Å². The molecule has 0 bridgehead atoms. The van der Waals surface area contributed by atoms with Gasteiger partial charge < -0.3 is 4.74 Å². The highest BCUT2D eigenvalue weighted by Crippen LogP contribution is 2.38. The lowest BCUT2D eigenvalue weighted by Crippen LogP contribution is -2.51. The largest absolute Gasteiger partial charge is 0.358 e. The first kappa shape index (κ1) is 23.3. The number of aryl methyl sites for hydroxylation is 1. The number of fused-ring (bicyclic) bond motifs is 2. The van der Waals surface area contributed by atoms with E-state index in [-0.39, 0.29) is 0 Å². The molecule has 2 aliphatic rings. The molecule has 0 radical (unpaired) electrons. The molecule has 9 heteroatoms. The molecule has 0 aliphatic carbocycles. The van der Waals surface area contributed by atoms with Crippen LogP contribution in [-0.4, -0.2) is 49.0 Å². The number of thiol groups is 1. The molecule has 5 nitrogen and oxygen atoms in total. The maximum Gasteiger partial charge on any atom is 0.244 e. The second-order valence-corrected chi connectivity index (χ2v) is 12.5. The second kappa shape index (κ2) is 9.30. The maximum atomic E-state index is 13.0. The number of nitrogens with zero attached hydrogens (tertiary/aromatic N) is 2. The van der Waals surface area contributed by atoms with Crippen molar-refractivity contribution in [2.45, 2.75) is 30.4 Å². The average Bonchev–Trinajstić information content (AvgIpc) is 3.53.